The maximum Gasteiger partial charge on any atom is 0.0920 e. The second-order valence-electron chi connectivity index (χ2n) is 4.99. The minimum absolute atomic E-state index is 0.229. The average molecular weight is 168 g/mol. The Labute approximate surface area is 73.2 Å². The maximum atomic E-state index is 5.66. The molecule has 2 heterocycles. The summed E-state index contributed by atoms with van der Waals surface area (Å²) < 4.78 is 11.1. The van der Waals surface area contributed by atoms with E-state index in [1.54, 1.807) is 0 Å². The van der Waals surface area contributed by atoms with Crippen LogP contribution in [0.4, 0.5) is 0 Å². The van der Waals surface area contributed by atoms with Crippen molar-refractivity contribution < 1.29 is 9.47 Å². The lowest BCUT2D eigenvalue weighted by Gasteiger charge is -2.25. The van der Waals surface area contributed by atoms with Crippen molar-refractivity contribution in [3.63, 3.8) is 0 Å². The van der Waals surface area contributed by atoms with Crippen LogP contribution in [0.15, 0.2) is 0 Å². The molecule has 12 heavy (non-hydrogen) atoms. The predicted molar refractivity (Wildman–Crippen MR) is 45.0 cm³/mol. The summed E-state index contributed by atoms with van der Waals surface area (Å²) in [6.07, 6.45) is 4.31. The highest BCUT2D eigenvalue weighted by molar-refractivity contribution is 5.08. The Hall–Kier alpha value is -0.0800. The molecule has 3 rings (SSSR count). The van der Waals surface area contributed by atoms with Gasteiger partial charge >= 0.3 is 0 Å². The van der Waals surface area contributed by atoms with Gasteiger partial charge in [-0.25, -0.2) is 0 Å². The van der Waals surface area contributed by atoms with Gasteiger partial charge in [0.25, 0.3) is 0 Å². The van der Waals surface area contributed by atoms with Gasteiger partial charge in [0.1, 0.15) is 0 Å². The first-order valence-corrected chi connectivity index (χ1v) is 4.94. The van der Waals surface area contributed by atoms with Gasteiger partial charge in [0.2, 0.25) is 0 Å². The molecule has 2 nitrogen and oxygen atoms in total. The molecule has 2 heteroatoms. The van der Waals surface area contributed by atoms with Crippen molar-refractivity contribution in [2.75, 3.05) is 6.61 Å². The molecule has 2 aliphatic heterocycles. The van der Waals surface area contributed by atoms with E-state index in [0.29, 0.717) is 6.10 Å². The van der Waals surface area contributed by atoms with Crippen LogP contribution in [0.5, 0.6) is 0 Å². The van der Waals surface area contributed by atoms with Crippen molar-refractivity contribution in [3.8, 4) is 0 Å². The molecule has 1 saturated carbocycles. The number of hydrogen-bond acceptors (Lipinski definition) is 2. The SMILES string of the molecule is C[C@@]12CC[C@H]([C@]3(C)CO3)C[C@@H]1O2. The summed E-state index contributed by atoms with van der Waals surface area (Å²) in [5, 5.41) is 0. The van der Waals surface area contributed by atoms with Gasteiger partial charge < -0.3 is 9.47 Å². The van der Waals surface area contributed by atoms with Crippen LogP contribution in [0, 0.1) is 5.92 Å². The molecule has 68 valence electrons. The summed E-state index contributed by atoms with van der Waals surface area (Å²) >= 11 is 0. The Balaban J connectivity index is 1.70. The van der Waals surface area contributed by atoms with Crippen LogP contribution in [0.2, 0.25) is 0 Å². The van der Waals surface area contributed by atoms with E-state index in [2.05, 4.69) is 13.8 Å². The van der Waals surface area contributed by atoms with Gasteiger partial charge in [0.05, 0.1) is 23.9 Å². The van der Waals surface area contributed by atoms with Crippen molar-refractivity contribution in [1.29, 1.82) is 0 Å². The summed E-state index contributed by atoms with van der Waals surface area (Å²) in [5.74, 6) is 0.762. The van der Waals surface area contributed by atoms with E-state index < -0.39 is 0 Å². The smallest absolute Gasteiger partial charge is 0.0920 e. The Morgan fingerprint density at radius 2 is 2.00 bits per heavy atom. The Bertz CT molecular complexity index is 222. The van der Waals surface area contributed by atoms with E-state index in [1.807, 2.05) is 0 Å². The van der Waals surface area contributed by atoms with Crippen molar-refractivity contribution >= 4 is 0 Å². The lowest BCUT2D eigenvalue weighted by atomic mass is 9.77. The third kappa shape index (κ3) is 0.882. The first-order valence-electron chi connectivity index (χ1n) is 4.94. The molecule has 1 aliphatic carbocycles. The summed E-state index contributed by atoms with van der Waals surface area (Å²) in [5.41, 5.74) is 0.495. The first kappa shape index (κ1) is 7.34. The molecule has 0 radical (unpaired) electrons. The fourth-order valence-corrected chi connectivity index (χ4v) is 2.55. The molecule has 0 unspecified atom stereocenters. The Kier molecular flexibility index (Phi) is 1.15. The molecule has 0 amide bonds. The van der Waals surface area contributed by atoms with E-state index in [9.17, 15) is 0 Å². The molecule has 3 fully saturated rings. The monoisotopic (exact) mass is 168 g/mol. The lowest BCUT2D eigenvalue weighted by Crippen LogP contribution is -2.29. The van der Waals surface area contributed by atoms with Gasteiger partial charge in [-0.05, 0) is 39.0 Å². The molecule has 0 spiro atoms. The number of hydrogen-bond donors (Lipinski definition) is 0. The van der Waals surface area contributed by atoms with Gasteiger partial charge in [-0.1, -0.05) is 0 Å². The van der Waals surface area contributed by atoms with Gasteiger partial charge in [0.15, 0.2) is 0 Å². The zero-order valence-electron chi connectivity index (χ0n) is 7.80. The van der Waals surface area contributed by atoms with Crippen LogP contribution < -0.4 is 0 Å². The molecule has 2 saturated heterocycles. The Morgan fingerprint density at radius 1 is 1.25 bits per heavy atom. The highest BCUT2D eigenvalue weighted by Gasteiger charge is 2.60. The van der Waals surface area contributed by atoms with Crippen LogP contribution in [0.25, 0.3) is 0 Å². The minimum Gasteiger partial charge on any atom is -0.370 e. The fourth-order valence-electron chi connectivity index (χ4n) is 2.55. The van der Waals surface area contributed by atoms with Crippen molar-refractivity contribution in [3.05, 3.63) is 0 Å². The van der Waals surface area contributed by atoms with Crippen molar-refractivity contribution in [2.24, 2.45) is 5.92 Å². The van der Waals surface area contributed by atoms with Crippen LogP contribution in [-0.2, 0) is 9.47 Å². The minimum atomic E-state index is 0.229. The molecule has 0 aromatic heterocycles. The summed E-state index contributed by atoms with van der Waals surface area (Å²) in [7, 11) is 0. The van der Waals surface area contributed by atoms with E-state index in [1.165, 1.54) is 19.3 Å². The molecule has 4 atom stereocenters. The van der Waals surface area contributed by atoms with Gasteiger partial charge in [-0.15, -0.1) is 0 Å². The second kappa shape index (κ2) is 1.88. The highest BCUT2D eigenvalue weighted by atomic mass is 16.6. The zero-order valence-corrected chi connectivity index (χ0v) is 7.80. The van der Waals surface area contributed by atoms with E-state index in [-0.39, 0.29) is 11.2 Å². The number of epoxide rings is 2. The lowest BCUT2D eigenvalue weighted by molar-refractivity contribution is 0.191. The summed E-state index contributed by atoms with van der Waals surface area (Å²) in [6.45, 7) is 5.45. The van der Waals surface area contributed by atoms with Gasteiger partial charge in [0, 0.05) is 0 Å². The first-order chi connectivity index (χ1) is 5.62. The molecule has 3 aliphatic rings. The largest absolute Gasteiger partial charge is 0.370 e. The van der Waals surface area contributed by atoms with E-state index in [0.717, 1.165) is 12.5 Å². The van der Waals surface area contributed by atoms with E-state index >= 15 is 0 Å². The van der Waals surface area contributed by atoms with Crippen LogP contribution in [-0.4, -0.2) is 23.9 Å². The van der Waals surface area contributed by atoms with Gasteiger partial charge in [-0.3, -0.25) is 0 Å². The Morgan fingerprint density at radius 3 is 2.58 bits per heavy atom. The normalized spacial score (nSPS) is 62.5. The maximum absolute atomic E-state index is 5.66. The predicted octanol–water partition coefficient (Wildman–Crippen LogP) is 1.73. The molecular weight excluding hydrogens is 152 g/mol. The molecule has 0 aromatic carbocycles. The second-order valence-corrected chi connectivity index (χ2v) is 4.99. The average Bonchev–Trinajstić information content (AvgIpc) is 2.86. The van der Waals surface area contributed by atoms with Crippen LogP contribution in [0.1, 0.15) is 33.1 Å². The van der Waals surface area contributed by atoms with Gasteiger partial charge in [-0.2, -0.15) is 0 Å². The number of fused-ring (bicyclic) bond motifs is 1. The number of ether oxygens (including phenoxy) is 2. The van der Waals surface area contributed by atoms with Crippen molar-refractivity contribution in [2.45, 2.75) is 50.4 Å². The highest BCUT2D eigenvalue weighted by Crippen LogP contribution is 2.54. The summed E-state index contributed by atoms with van der Waals surface area (Å²) in [4.78, 5) is 0. The topological polar surface area (TPSA) is 25.1 Å². The van der Waals surface area contributed by atoms with Crippen molar-refractivity contribution in [1.82, 2.24) is 0 Å². The van der Waals surface area contributed by atoms with E-state index in [4.69, 9.17) is 9.47 Å². The molecular formula is C10H16O2. The molecule has 0 bridgehead atoms. The third-order valence-corrected chi connectivity index (χ3v) is 3.99. The fraction of sp³-hybridized carbons (Fsp3) is 1.00. The molecule has 0 aromatic rings. The quantitative estimate of drug-likeness (QED) is 0.557. The van der Waals surface area contributed by atoms with Crippen LogP contribution >= 0.6 is 0 Å². The zero-order chi connectivity index (χ0) is 8.40. The summed E-state index contributed by atoms with van der Waals surface area (Å²) in [6, 6.07) is 0. The van der Waals surface area contributed by atoms with Crippen LogP contribution in [0.3, 0.4) is 0 Å². The third-order valence-electron chi connectivity index (χ3n) is 3.99. The standard InChI is InChI=1S/C10H16O2/c1-9-4-3-7(5-8(9)12-9)10(2)6-11-10/h7-8H,3-6H2,1-2H3/t7-,8-,9+,10-/m0/s1. The number of rotatable bonds is 1. The molecule has 0 N–H and O–H groups in total.